The average molecular weight is 558 g/mol. The number of aromatic nitrogens is 4. The summed E-state index contributed by atoms with van der Waals surface area (Å²) in [7, 11) is 1.52. The van der Waals surface area contributed by atoms with Crippen LogP contribution < -0.4 is 15.0 Å². The minimum absolute atomic E-state index is 0.0404. The fraction of sp³-hybridized carbons (Fsp3) is 0.107. The van der Waals surface area contributed by atoms with Gasteiger partial charge in [-0.3, -0.25) is 29.1 Å². The first-order valence-corrected chi connectivity index (χ1v) is 12.5. The van der Waals surface area contributed by atoms with Gasteiger partial charge < -0.3 is 14.6 Å². The van der Waals surface area contributed by atoms with Gasteiger partial charge in [-0.2, -0.15) is 5.10 Å². The highest BCUT2D eigenvalue weighted by molar-refractivity contribution is 7.71. The van der Waals surface area contributed by atoms with Crippen LogP contribution in [0.25, 0.3) is 5.69 Å². The Hall–Kier alpha value is -5.23. The van der Waals surface area contributed by atoms with Gasteiger partial charge in [-0.05, 0) is 66.3 Å². The highest BCUT2D eigenvalue weighted by Crippen LogP contribution is 2.28. The molecule has 2 heterocycles. The number of rotatable bonds is 9. The lowest BCUT2D eigenvalue weighted by atomic mass is 10.0. The Kier molecular flexibility index (Phi) is 7.42. The zero-order chi connectivity index (χ0) is 28.2. The molecule has 0 spiro atoms. The number of benzene rings is 3. The second-order valence-corrected chi connectivity index (χ2v) is 9.17. The minimum atomic E-state index is -0.520. The van der Waals surface area contributed by atoms with Crippen molar-refractivity contribution in [1.29, 1.82) is 0 Å². The van der Waals surface area contributed by atoms with Gasteiger partial charge in [0, 0.05) is 12.0 Å². The summed E-state index contributed by atoms with van der Waals surface area (Å²) in [5.74, 6) is 1.55. The number of hydrogen-bond donors (Lipinski definition) is 2. The molecule has 202 valence electrons. The number of hydrogen-bond acceptors (Lipinski definition) is 8. The summed E-state index contributed by atoms with van der Waals surface area (Å²) in [6.45, 7) is 0.204. The molecule has 0 fully saturated rings. The van der Waals surface area contributed by atoms with Crippen LogP contribution in [0.15, 0.2) is 90.0 Å². The highest BCUT2D eigenvalue weighted by Gasteiger charge is 2.17. The van der Waals surface area contributed by atoms with Crippen molar-refractivity contribution < 1.29 is 19.5 Å². The molecule has 5 rings (SSSR count). The third-order valence-electron chi connectivity index (χ3n) is 6.14. The van der Waals surface area contributed by atoms with Crippen molar-refractivity contribution in [3.63, 3.8) is 0 Å². The number of nitrogens with one attached hydrogen (secondary N) is 1. The Morgan fingerprint density at radius 2 is 1.80 bits per heavy atom. The van der Waals surface area contributed by atoms with Crippen molar-refractivity contribution in [2.75, 3.05) is 7.11 Å². The van der Waals surface area contributed by atoms with E-state index in [2.05, 4.69) is 10.1 Å². The molecule has 0 saturated carbocycles. The summed E-state index contributed by atoms with van der Waals surface area (Å²) in [6, 6.07) is 21.6. The number of methoxy groups -OCH3 is 1. The maximum absolute atomic E-state index is 12.9. The Balaban J connectivity index is 1.44. The molecule has 0 atom stereocenters. The molecule has 0 radical (unpaired) electrons. The summed E-state index contributed by atoms with van der Waals surface area (Å²) in [6.07, 6.45) is 2.58. The minimum Gasteiger partial charge on any atom is -0.496 e. The molecule has 0 aliphatic carbocycles. The van der Waals surface area contributed by atoms with Gasteiger partial charge in [-0.1, -0.05) is 24.3 Å². The number of aromatic hydroxyl groups is 1. The Labute approximate surface area is 232 Å². The number of aromatic amines is 1. The normalized spacial score (nSPS) is 10.8. The lowest BCUT2D eigenvalue weighted by molar-refractivity contribution is -0.385. The summed E-state index contributed by atoms with van der Waals surface area (Å²) in [5, 5.41) is 26.2. The van der Waals surface area contributed by atoms with Gasteiger partial charge >= 0.3 is 5.69 Å². The van der Waals surface area contributed by atoms with Crippen LogP contribution in [-0.4, -0.2) is 36.5 Å². The molecule has 0 unspecified atom stereocenters. The third-order valence-corrected chi connectivity index (χ3v) is 6.43. The molecule has 40 heavy (non-hydrogen) atoms. The van der Waals surface area contributed by atoms with Crippen molar-refractivity contribution in [2.24, 2.45) is 0 Å². The van der Waals surface area contributed by atoms with E-state index >= 15 is 0 Å². The SMILES string of the molecule is COc1ccc(Cc2c(O)n(-c3ccc(Oc4ccccc4)cc3)c(=S)[nH]c2=O)cc1Cn1cc([N+](=O)[O-])cn1. The fourth-order valence-electron chi connectivity index (χ4n) is 4.23. The van der Waals surface area contributed by atoms with Crippen LogP contribution >= 0.6 is 12.2 Å². The van der Waals surface area contributed by atoms with Crippen LogP contribution in [0.5, 0.6) is 23.1 Å². The molecule has 2 aromatic heterocycles. The van der Waals surface area contributed by atoms with E-state index in [9.17, 15) is 20.0 Å². The molecule has 3 aromatic carbocycles. The van der Waals surface area contributed by atoms with Gasteiger partial charge in [-0.15, -0.1) is 0 Å². The third kappa shape index (κ3) is 5.61. The molecule has 0 bridgehead atoms. The van der Waals surface area contributed by atoms with Crippen LogP contribution in [0.1, 0.15) is 16.7 Å². The maximum atomic E-state index is 12.9. The van der Waals surface area contributed by atoms with E-state index in [4.69, 9.17) is 21.7 Å². The Bertz CT molecular complexity index is 1800. The second-order valence-electron chi connectivity index (χ2n) is 8.78. The van der Waals surface area contributed by atoms with Gasteiger partial charge in [-0.25, -0.2) is 0 Å². The zero-order valence-corrected chi connectivity index (χ0v) is 22.0. The van der Waals surface area contributed by atoms with E-state index < -0.39 is 10.5 Å². The van der Waals surface area contributed by atoms with Crippen molar-refractivity contribution >= 4 is 17.9 Å². The average Bonchev–Trinajstić information content (AvgIpc) is 3.42. The monoisotopic (exact) mass is 557 g/mol. The Morgan fingerprint density at radius 3 is 2.48 bits per heavy atom. The van der Waals surface area contributed by atoms with E-state index in [1.807, 2.05) is 30.3 Å². The van der Waals surface area contributed by atoms with Gasteiger partial charge in [0.15, 0.2) is 4.77 Å². The molecule has 0 aliphatic heterocycles. The molecular formula is C28H23N5O6S. The van der Waals surface area contributed by atoms with E-state index in [-0.39, 0.29) is 34.9 Å². The number of para-hydroxylation sites is 1. The van der Waals surface area contributed by atoms with Gasteiger partial charge in [0.2, 0.25) is 5.88 Å². The first-order valence-electron chi connectivity index (χ1n) is 12.1. The fourth-order valence-corrected chi connectivity index (χ4v) is 4.51. The molecule has 5 aromatic rings. The van der Waals surface area contributed by atoms with Crippen LogP contribution in [0.3, 0.4) is 0 Å². The highest BCUT2D eigenvalue weighted by atomic mass is 32.1. The quantitative estimate of drug-likeness (QED) is 0.144. The first kappa shape index (κ1) is 26.4. The summed E-state index contributed by atoms with van der Waals surface area (Å²) in [5.41, 5.74) is 1.41. The summed E-state index contributed by atoms with van der Waals surface area (Å²) < 4.78 is 14.1. The molecule has 12 heteroatoms. The molecular weight excluding hydrogens is 534 g/mol. The molecule has 2 N–H and O–H groups in total. The molecule has 0 amide bonds. The van der Waals surface area contributed by atoms with Crippen molar-refractivity contribution in [1.82, 2.24) is 19.3 Å². The largest absolute Gasteiger partial charge is 0.496 e. The predicted octanol–water partition coefficient (Wildman–Crippen LogP) is 5.15. The standard InChI is InChI=1S/C28H23N5O6S/c1-38-25-12-7-18(13-19(25)16-31-17-21(15-29-31)33(36)37)14-24-26(34)30-28(40)32(27(24)35)20-8-10-23(11-9-20)39-22-5-3-2-4-6-22/h2-13,15,17,35H,14,16H2,1H3,(H,30,34,40). The van der Waals surface area contributed by atoms with E-state index in [1.54, 1.807) is 42.5 Å². The Morgan fingerprint density at radius 1 is 1.07 bits per heavy atom. The van der Waals surface area contributed by atoms with E-state index in [0.29, 0.717) is 34.1 Å². The smallest absolute Gasteiger partial charge is 0.307 e. The van der Waals surface area contributed by atoms with Crippen LogP contribution in [0.2, 0.25) is 0 Å². The lowest BCUT2D eigenvalue weighted by Gasteiger charge is -2.15. The van der Waals surface area contributed by atoms with Crippen LogP contribution in [-0.2, 0) is 13.0 Å². The molecule has 0 saturated heterocycles. The van der Waals surface area contributed by atoms with Crippen molar-refractivity contribution in [3.8, 4) is 28.8 Å². The number of ether oxygens (including phenoxy) is 2. The summed E-state index contributed by atoms with van der Waals surface area (Å²) in [4.78, 5) is 26.0. The van der Waals surface area contributed by atoms with Gasteiger partial charge in [0.1, 0.15) is 29.6 Å². The van der Waals surface area contributed by atoms with Crippen LogP contribution in [0.4, 0.5) is 5.69 Å². The lowest BCUT2D eigenvalue weighted by Crippen LogP contribution is -2.18. The van der Waals surface area contributed by atoms with Crippen molar-refractivity contribution in [3.05, 3.63) is 127 Å². The maximum Gasteiger partial charge on any atom is 0.307 e. The first-order chi connectivity index (χ1) is 19.3. The van der Waals surface area contributed by atoms with Gasteiger partial charge in [0.05, 0.1) is 29.8 Å². The second kappa shape index (κ2) is 11.3. The van der Waals surface area contributed by atoms with E-state index in [0.717, 1.165) is 0 Å². The zero-order valence-electron chi connectivity index (χ0n) is 21.2. The molecule has 11 nitrogen and oxygen atoms in total. The predicted molar refractivity (Wildman–Crippen MR) is 149 cm³/mol. The molecule has 0 aliphatic rings. The topological polar surface area (TPSA) is 137 Å². The van der Waals surface area contributed by atoms with Crippen molar-refractivity contribution in [2.45, 2.75) is 13.0 Å². The van der Waals surface area contributed by atoms with E-state index in [1.165, 1.54) is 28.8 Å². The number of nitro groups is 1. The van der Waals surface area contributed by atoms with Crippen LogP contribution in [0, 0.1) is 14.9 Å². The summed E-state index contributed by atoms with van der Waals surface area (Å²) >= 11 is 5.36. The van der Waals surface area contributed by atoms with Gasteiger partial charge in [0.25, 0.3) is 5.56 Å². The number of H-pyrrole nitrogens is 1. The number of nitrogens with zero attached hydrogens (tertiary/aromatic N) is 4.